The smallest absolute Gasteiger partial charge is 0.384 e. The first kappa shape index (κ1) is 39.4. The van der Waals surface area contributed by atoms with E-state index in [9.17, 15) is 41.9 Å². The van der Waals surface area contributed by atoms with Crippen molar-refractivity contribution in [3.05, 3.63) is 81.5 Å². The molecule has 0 saturated carbocycles. The number of nitrogens with one attached hydrogen (secondary N) is 2. The molecule has 2 N–H and O–H groups in total. The molecule has 0 bridgehead atoms. The molecule has 0 spiro atoms. The first-order chi connectivity index (χ1) is 27.2. The number of hydrogen-bond acceptors (Lipinski definition) is 9. The fourth-order valence-corrected chi connectivity index (χ4v) is 7.99. The fourth-order valence-electron chi connectivity index (χ4n) is 7.99. The Bertz CT molecular complexity index is 2300. The van der Waals surface area contributed by atoms with Crippen LogP contribution in [0, 0.1) is 6.92 Å². The normalized spacial score (nSPS) is 17.7. The number of fused-ring (bicyclic) bond motifs is 2. The van der Waals surface area contributed by atoms with Gasteiger partial charge in [0.05, 0.1) is 28.8 Å². The van der Waals surface area contributed by atoms with Gasteiger partial charge in [-0.15, -0.1) is 13.2 Å². The van der Waals surface area contributed by atoms with Crippen LogP contribution in [0.1, 0.15) is 83.0 Å². The van der Waals surface area contributed by atoms with Gasteiger partial charge in [-0.1, -0.05) is 12.1 Å². The van der Waals surface area contributed by atoms with E-state index in [2.05, 4.69) is 15.4 Å². The largest absolute Gasteiger partial charge is 0.522 e. The van der Waals surface area contributed by atoms with Crippen molar-refractivity contribution in [1.82, 2.24) is 29.2 Å². The summed E-state index contributed by atoms with van der Waals surface area (Å²) in [6.07, 6.45) is -0.378. The molecule has 17 heteroatoms. The molecule has 0 radical (unpaired) electrons. The van der Waals surface area contributed by atoms with Crippen molar-refractivity contribution in [1.29, 1.82) is 0 Å². The van der Waals surface area contributed by atoms with Crippen LogP contribution in [0.2, 0.25) is 0 Å². The van der Waals surface area contributed by atoms with E-state index < -0.39 is 42.6 Å². The zero-order chi connectivity index (χ0) is 40.6. The maximum atomic E-state index is 13.4. The van der Waals surface area contributed by atoms with Crippen molar-refractivity contribution in [3.63, 3.8) is 0 Å². The fraction of sp³-hybridized carbons (Fsp3) is 0.425. The van der Waals surface area contributed by atoms with Crippen LogP contribution in [0.15, 0.2) is 53.5 Å². The van der Waals surface area contributed by atoms with Gasteiger partial charge in [0.15, 0.2) is 0 Å². The Hall–Kier alpha value is -5.84. The summed E-state index contributed by atoms with van der Waals surface area (Å²) < 4.78 is 46.4. The van der Waals surface area contributed by atoms with Crippen LogP contribution >= 0.6 is 0 Å². The minimum Gasteiger partial charge on any atom is -0.384 e. The van der Waals surface area contributed by atoms with Gasteiger partial charge in [-0.3, -0.25) is 43.7 Å². The number of aromatic nitrogens is 3. The number of hydrogen-bond donors (Lipinski definition) is 2. The Morgan fingerprint density at radius 3 is 2.47 bits per heavy atom. The van der Waals surface area contributed by atoms with Gasteiger partial charge in [-0.2, -0.15) is 0 Å². The molecular formula is C40H42F3N7O7. The molecule has 3 aliphatic rings. The molecule has 7 rings (SSSR count). The predicted molar refractivity (Wildman–Crippen MR) is 201 cm³/mol. The number of anilines is 1. The van der Waals surface area contributed by atoms with E-state index in [1.165, 1.54) is 10.6 Å². The van der Waals surface area contributed by atoms with Crippen molar-refractivity contribution in [2.24, 2.45) is 7.05 Å². The average molecular weight is 790 g/mol. The molecule has 1 atom stereocenters. The Labute approximate surface area is 325 Å². The summed E-state index contributed by atoms with van der Waals surface area (Å²) in [6.45, 7) is 2.39. The van der Waals surface area contributed by atoms with Gasteiger partial charge in [0.2, 0.25) is 17.7 Å². The average Bonchev–Trinajstić information content (AvgIpc) is 3.66. The lowest BCUT2D eigenvalue weighted by molar-refractivity contribution is -0.325. The Balaban J connectivity index is 0.948. The molecule has 300 valence electrons. The summed E-state index contributed by atoms with van der Waals surface area (Å²) >= 11 is 0. The number of aryl methyl sites for hydroxylation is 2. The van der Waals surface area contributed by atoms with Crippen LogP contribution in [-0.2, 0) is 32.7 Å². The first-order valence-electron chi connectivity index (χ1n) is 18.9. The number of alkyl halides is 3. The SMILES string of the molecule is Cc1cc(-c2ccc3nc(C4CCN(C(=O)CCCCNc5cccc6c5C(=O)N(C5CCC(=O)NC5=O)C6=O)CC4)n(CCOC(F)(F)F)c3c2)cn(C)c1=O. The Morgan fingerprint density at radius 1 is 0.982 bits per heavy atom. The van der Waals surface area contributed by atoms with Crippen molar-refractivity contribution in [2.45, 2.75) is 76.7 Å². The highest BCUT2D eigenvalue weighted by Crippen LogP contribution is 2.34. The lowest BCUT2D eigenvalue weighted by Gasteiger charge is -2.32. The third-order valence-corrected chi connectivity index (χ3v) is 10.9. The number of imidazole rings is 1. The molecule has 57 heavy (non-hydrogen) atoms. The van der Waals surface area contributed by atoms with Gasteiger partial charge in [0.25, 0.3) is 17.4 Å². The van der Waals surface area contributed by atoms with Crippen LogP contribution in [0.4, 0.5) is 18.9 Å². The van der Waals surface area contributed by atoms with E-state index in [1.54, 1.807) is 47.8 Å². The molecule has 2 fully saturated rings. The molecule has 2 saturated heterocycles. The molecule has 5 amide bonds. The topological polar surface area (TPSA) is 165 Å². The Kier molecular flexibility index (Phi) is 11.0. The van der Waals surface area contributed by atoms with Crippen molar-refractivity contribution >= 4 is 46.3 Å². The first-order valence-corrected chi connectivity index (χ1v) is 18.9. The summed E-state index contributed by atoms with van der Waals surface area (Å²) in [5.74, 6) is -1.79. The zero-order valence-corrected chi connectivity index (χ0v) is 31.5. The molecular weight excluding hydrogens is 747 g/mol. The third kappa shape index (κ3) is 8.19. The van der Waals surface area contributed by atoms with Gasteiger partial charge >= 0.3 is 6.36 Å². The molecule has 0 aliphatic carbocycles. The number of halogens is 3. The molecule has 14 nitrogen and oxygen atoms in total. The van der Waals surface area contributed by atoms with Crippen LogP contribution in [0.25, 0.3) is 22.2 Å². The third-order valence-electron chi connectivity index (χ3n) is 10.9. The van der Waals surface area contributed by atoms with E-state index in [0.29, 0.717) is 79.8 Å². The number of piperidine rings is 2. The minimum absolute atomic E-state index is 0.0148. The second kappa shape index (κ2) is 16.0. The lowest BCUT2D eigenvalue weighted by Crippen LogP contribution is -2.54. The molecule has 2 aromatic heterocycles. The maximum absolute atomic E-state index is 13.4. The number of benzene rings is 2. The minimum atomic E-state index is -4.78. The number of nitrogens with zero attached hydrogens (tertiary/aromatic N) is 5. The number of rotatable bonds is 12. The highest BCUT2D eigenvalue weighted by Gasteiger charge is 2.45. The number of unbranched alkanes of at least 4 members (excludes halogenated alkanes) is 1. The predicted octanol–water partition coefficient (Wildman–Crippen LogP) is 4.64. The lowest BCUT2D eigenvalue weighted by atomic mass is 9.95. The van der Waals surface area contributed by atoms with E-state index in [4.69, 9.17) is 4.98 Å². The second-order valence-electron chi connectivity index (χ2n) is 14.7. The van der Waals surface area contributed by atoms with E-state index in [-0.39, 0.29) is 47.9 Å². The van der Waals surface area contributed by atoms with Gasteiger partial charge in [-0.05, 0) is 80.5 Å². The van der Waals surface area contributed by atoms with Gasteiger partial charge in [0.1, 0.15) is 11.9 Å². The molecule has 1 unspecified atom stereocenters. The van der Waals surface area contributed by atoms with Gasteiger partial charge in [0, 0.05) is 69.4 Å². The van der Waals surface area contributed by atoms with Gasteiger partial charge in [-0.25, -0.2) is 4.98 Å². The zero-order valence-electron chi connectivity index (χ0n) is 31.5. The monoisotopic (exact) mass is 789 g/mol. The molecule has 5 heterocycles. The highest BCUT2D eigenvalue weighted by atomic mass is 19.4. The maximum Gasteiger partial charge on any atom is 0.522 e. The van der Waals surface area contributed by atoms with E-state index in [0.717, 1.165) is 16.0 Å². The quantitative estimate of drug-likeness (QED) is 0.154. The van der Waals surface area contributed by atoms with Gasteiger partial charge < -0.3 is 19.4 Å². The summed E-state index contributed by atoms with van der Waals surface area (Å²) in [5, 5.41) is 5.39. The molecule has 4 aromatic rings. The summed E-state index contributed by atoms with van der Waals surface area (Å²) in [6, 6.07) is 11.1. The van der Waals surface area contributed by atoms with Crippen molar-refractivity contribution < 1.29 is 41.9 Å². The number of ether oxygens (including phenoxy) is 1. The number of amides is 5. The highest BCUT2D eigenvalue weighted by molar-refractivity contribution is 6.25. The number of carbonyl (C=O) groups is 5. The molecule has 2 aromatic carbocycles. The standard InChI is InChI=1S/C40H42F3N7O7/c1-23-20-26(22-47(2)37(23)54)25-9-10-28-31(21-25)49(18-19-57-40(41,42)43)35(45-28)24-13-16-48(17-14-24)33(52)8-3-4-15-44-29-7-5-6-27-34(29)39(56)50(38(27)55)30-11-12-32(51)46-36(30)53/h5-7,9-10,20-22,24,30,44H,3-4,8,11-19H2,1-2H3,(H,46,51,53). The summed E-state index contributed by atoms with van der Waals surface area (Å²) in [4.78, 5) is 83.6. The number of carbonyl (C=O) groups excluding carboxylic acids is 5. The number of likely N-dealkylation sites (tertiary alicyclic amines) is 1. The van der Waals surface area contributed by atoms with Crippen LogP contribution in [0.3, 0.4) is 0 Å². The van der Waals surface area contributed by atoms with Crippen molar-refractivity contribution in [2.75, 3.05) is 31.6 Å². The van der Waals surface area contributed by atoms with Crippen LogP contribution in [-0.4, -0.2) is 92.1 Å². The van der Waals surface area contributed by atoms with Crippen LogP contribution in [0.5, 0.6) is 0 Å². The Morgan fingerprint density at radius 2 is 1.75 bits per heavy atom. The second-order valence-corrected chi connectivity index (χ2v) is 14.7. The number of imide groups is 2. The summed E-state index contributed by atoms with van der Waals surface area (Å²) in [7, 11) is 1.66. The molecule has 3 aliphatic heterocycles. The summed E-state index contributed by atoms with van der Waals surface area (Å²) in [5.41, 5.74) is 4.09. The van der Waals surface area contributed by atoms with Crippen molar-refractivity contribution in [3.8, 4) is 11.1 Å². The van der Waals surface area contributed by atoms with E-state index >= 15 is 0 Å². The van der Waals surface area contributed by atoms with E-state index in [1.807, 2.05) is 18.2 Å². The van der Waals surface area contributed by atoms with Crippen LogP contribution < -0.4 is 16.2 Å². The number of pyridine rings is 1.